The number of halogens is 1. The van der Waals surface area contributed by atoms with E-state index < -0.39 is 0 Å². The number of guanidine groups is 1. The molecule has 0 amide bonds. The fourth-order valence-electron chi connectivity index (χ4n) is 2.66. The molecule has 0 bridgehead atoms. The minimum Gasteiger partial charge on any atom is -0.370 e. The maximum absolute atomic E-state index is 5.88. The molecule has 3 N–H and O–H groups in total. The van der Waals surface area contributed by atoms with Crippen LogP contribution in [0.3, 0.4) is 0 Å². The molecule has 0 atom stereocenters. The first-order chi connectivity index (χ1) is 9.24. The summed E-state index contributed by atoms with van der Waals surface area (Å²) in [6, 6.07) is 10.7. The third kappa shape index (κ3) is 4.96. The van der Waals surface area contributed by atoms with Gasteiger partial charge >= 0.3 is 0 Å². The maximum Gasteiger partial charge on any atom is 0.188 e. The predicted octanol–water partition coefficient (Wildman–Crippen LogP) is 3.33. The molecule has 0 saturated heterocycles. The molecule has 20 heavy (non-hydrogen) atoms. The Morgan fingerprint density at radius 3 is 2.55 bits per heavy atom. The Bertz CT molecular complexity index is 413. The molecule has 1 saturated carbocycles. The fraction of sp³-hybridized carbons (Fsp3) is 0.562. The first kappa shape index (κ1) is 17.3. The summed E-state index contributed by atoms with van der Waals surface area (Å²) in [6.07, 6.45) is 6.06. The van der Waals surface area contributed by atoms with Crippen LogP contribution in [0.2, 0.25) is 0 Å². The third-order valence-electron chi connectivity index (χ3n) is 3.98. The van der Waals surface area contributed by atoms with E-state index in [4.69, 9.17) is 5.73 Å². The van der Waals surface area contributed by atoms with E-state index in [0.29, 0.717) is 11.4 Å². The van der Waals surface area contributed by atoms with Crippen LogP contribution in [0, 0.1) is 5.41 Å². The predicted molar refractivity (Wildman–Crippen MR) is 96.6 cm³/mol. The minimum absolute atomic E-state index is 0. The lowest BCUT2D eigenvalue weighted by Gasteiger charge is -2.41. The Kier molecular flexibility index (Phi) is 7.34. The number of benzene rings is 1. The normalized spacial score (nSPS) is 16.9. The van der Waals surface area contributed by atoms with Crippen LogP contribution in [0.25, 0.3) is 0 Å². The molecule has 0 aromatic heterocycles. The van der Waals surface area contributed by atoms with E-state index in [1.165, 1.54) is 24.8 Å². The van der Waals surface area contributed by atoms with Gasteiger partial charge < -0.3 is 11.1 Å². The van der Waals surface area contributed by atoms with Crippen LogP contribution in [0.1, 0.15) is 38.2 Å². The van der Waals surface area contributed by atoms with E-state index in [1.807, 2.05) is 0 Å². The standard InChI is InChI=1S/C16H25N3.HI/c1-2-11-18-15(17)19-13-16(9-6-10-16)12-14-7-4-3-5-8-14;/h3-5,7-8H,2,6,9-13H2,1H3,(H3,17,18,19);1H. The molecular formula is C16H26IN3. The summed E-state index contributed by atoms with van der Waals surface area (Å²) in [6.45, 7) is 3.88. The highest BCUT2D eigenvalue weighted by atomic mass is 127. The molecular weight excluding hydrogens is 361 g/mol. The summed E-state index contributed by atoms with van der Waals surface area (Å²) >= 11 is 0. The summed E-state index contributed by atoms with van der Waals surface area (Å²) in [5.41, 5.74) is 7.64. The van der Waals surface area contributed by atoms with Gasteiger partial charge in [-0.05, 0) is 36.7 Å². The third-order valence-corrected chi connectivity index (χ3v) is 3.98. The van der Waals surface area contributed by atoms with Crippen molar-refractivity contribution in [3.63, 3.8) is 0 Å². The quantitative estimate of drug-likeness (QED) is 0.447. The van der Waals surface area contributed by atoms with Crippen molar-refractivity contribution in [2.45, 2.75) is 39.0 Å². The molecule has 1 aromatic rings. The second-order valence-electron chi connectivity index (χ2n) is 5.64. The molecule has 0 radical (unpaired) electrons. The van der Waals surface area contributed by atoms with E-state index in [-0.39, 0.29) is 24.0 Å². The number of hydrogen-bond acceptors (Lipinski definition) is 1. The number of nitrogens with one attached hydrogen (secondary N) is 1. The van der Waals surface area contributed by atoms with Crippen molar-refractivity contribution >= 4 is 29.9 Å². The zero-order valence-electron chi connectivity index (χ0n) is 12.3. The van der Waals surface area contributed by atoms with Gasteiger partial charge in [0.15, 0.2) is 5.96 Å². The molecule has 1 aromatic carbocycles. The van der Waals surface area contributed by atoms with Crippen molar-refractivity contribution in [2.75, 3.05) is 13.1 Å². The Morgan fingerprint density at radius 2 is 2.00 bits per heavy atom. The molecule has 1 aliphatic rings. The van der Waals surface area contributed by atoms with Crippen LogP contribution in [-0.2, 0) is 6.42 Å². The van der Waals surface area contributed by atoms with Gasteiger partial charge in [-0.3, -0.25) is 4.99 Å². The van der Waals surface area contributed by atoms with E-state index in [0.717, 1.165) is 25.9 Å². The van der Waals surface area contributed by atoms with Crippen molar-refractivity contribution in [3.8, 4) is 0 Å². The molecule has 0 heterocycles. The van der Waals surface area contributed by atoms with Crippen LogP contribution in [0.4, 0.5) is 0 Å². The van der Waals surface area contributed by atoms with Gasteiger partial charge in [0.05, 0.1) is 0 Å². The lowest BCUT2D eigenvalue weighted by Crippen LogP contribution is -2.38. The minimum atomic E-state index is 0. The largest absolute Gasteiger partial charge is 0.370 e. The zero-order chi connectivity index (χ0) is 13.6. The van der Waals surface area contributed by atoms with Crippen LogP contribution in [-0.4, -0.2) is 19.0 Å². The Labute approximate surface area is 139 Å². The summed E-state index contributed by atoms with van der Waals surface area (Å²) in [5, 5.41) is 3.14. The summed E-state index contributed by atoms with van der Waals surface area (Å²) < 4.78 is 0. The molecule has 4 heteroatoms. The second kappa shape index (κ2) is 8.49. The van der Waals surface area contributed by atoms with Gasteiger partial charge in [-0.25, -0.2) is 0 Å². The molecule has 0 spiro atoms. The van der Waals surface area contributed by atoms with E-state index >= 15 is 0 Å². The van der Waals surface area contributed by atoms with E-state index in [1.54, 1.807) is 0 Å². The molecule has 0 unspecified atom stereocenters. The van der Waals surface area contributed by atoms with Gasteiger partial charge in [0, 0.05) is 13.1 Å². The Morgan fingerprint density at radius 1 is 1.30 bits per heavy atom. The molecule has 3 nitrogen and oxygen atoms in total. The average Bonchev–Trinajstić information content (AvgIpc) is 2.40. The summed E-state index contributed by atoms with van der Waals surface area (Å²) in [7, 11) is 0. The number of nitrogens with two attached hydrogens (primary N) is 1. The molecule has 0 aliphatic heterocycles. The van der Waals surface area contributed by atoms with Crippen LogP contribution >= 0.6 is 24.0 Å². The first-order valence-corrected chi connectivity index (χ1v) is 7.32. The number of aliphatic imine (C=N–C) groups is 1. The zero-order valence-corrected chi connectivity index (χ0v) is 14.6. The fourth-order valence-corrected chi connectivity index (χ4v) is 2.66. The van der Waals surface area contributed by atoms with Gasteiger partial charge in [0.1, 0.15) is 0 Å². The average molecular weight is 387 g/mol. The van der Waals surface area contributed by atoms with Crippen molar-refractivity contribution < 1.29 is 0 Å². The summed E-state index contributed by atoms with van der Waals surface area (Å²) in [4.78, 5) is 4.54. The van der Waals surface area contributed by atoms with E-state index in [2.05, 4.69) is 47.6 Å². The Balaban J connectivity index is 0.00000200. The smallest absolute Gasteiger partial charge is 0.188 e. The molecule has 1 aliphatic carbocycles. The van der Waals surface area contributed by atoms with Crippen molar-refractivity contribution in [2.24, 2.45) is 16.1 Å². The van der Waals surface area contributed by atoms with Gasteiger partial charge in [-0.15, -0.1) is 24.0 Å². The van der Waals surface area contributed by atoms with Gasteiger partial charge in [0.25, 0.3) is 0 Å². The van der Waals surface area contributed by atoms with Gasteiger partial charge in [-0.2, -0.15) is 0 Å². The highest BCUT2D eigenvalue weighted by molar-refractivity contribution is 14.0. The SMILES string of the molecule is CCCNC(N)=NCC1(Cc2ccccc2)CCC1.I. The van der Waals surface area contributed by atoms with Crippen LogP contribution < -0.4 is 11.1 Å². The van der Waals surface area contributed by atoms with Crippen molar-refractivity contribution in [1.82, 2.24) is 5.32 Å². The summed E-state index contributed by atoms with van der Waals surface area (Å²) in [5.74, 6) is 0.598. The van der Waals surface area contributed by atoms with Crippen LogP contribution in [0.5, 0.6) is 0 Å². The molecule has 112 valence electrons. The second-order valence-corrected chi connectivity index (χ2v) is 5.64. The number of rotatable bonds is 6. The highest BCUT2D eigenvalue weighted by Crippen LogP contribution is 2.43. The maximum atomic E-state index is 5.88. The number of nitrogens with zero attached hydrogens (tertiary/aromatic N) is 1. The number of hydrogen-bond donors (Lipinski definition) is 2. The van der Waals surface area contributed by atoms with Crippen molar-refractivity contribution in [1.29, 1.82) is 0 Å². The lowest BCUT2D eigenvalue weighted by atomic mass is 9.65. The topological polar surface area (TPSA) is 50.4 Å². The van der Waals surface area contributed by atoms with E-state index in [9.17, 15) is 0 Å². The van der Waals surface area contributed by atoms with Gasteiger partial charge in [-0.1, -0.05) is 43.7 Å². The molecule has 1 fully saturated rings. The monoisotopic (exact) mass is 387 g/mol. The molecule has 2 rings (SSSR count). The Hall–Kier alpha value is -0.780. The first-order valence-electron chi connectivity index (χ1n) is 7.32. The van der Waals surface area contributed by atoms with Crippen LogP contribution in [0.15, 0.2) is 35.3 Å². The van der Waals surface area contributed by atoms with Crippen molar-refractivity contribution in [3.05, 3.63) is 35.9 Å². The highest BCUT2D eigenvalue weighted by Gasteiger charge is 2.36. The van der Waals surface area contributed by atoms with Gasteiger partial charge in [0.2, 0.25) is 0 Å². The lowest BCUT2D eigenvalue weighted by molar-refractivity contribution is 0.145.